The molecule has 2 aromatic carbocycles. The number of benzene rings is 2. The third-order valence-electron chi connectivity index (χ3n) is 4.04. The van der Waals surface area contributed by atoms with Gasteiger partial charge in [0.1, 0.15) is 22.7 Å². The summed E-state index contributed by atoms with van der Waals surface area (Å²) in [4.78, 5) is 17.1. The van der Waals surface area contributed by atoms with Crippen LogP contribution in [0.1, 0.15) is 16.1 Å². The van der Waals surface area contributed by atoms with Crippen molar-refractivity contribution in [2.45, 2.75) is 6.54 Å². The Balaban J connectivity index is 1.80. The van der Waals surface area contributed by atoms with Crippen LogP contribution in [0.3, 0.4) is 0 Å². The zero-order valence-electron chi connectivity index (χ0n) is 14.5. The molecule has 0 saturated heterocycles. The molecule has 0 unspecified atom stereocenters. The maximum Gasteiger partial charge on any atom is 0.257 e. The van der Waals surface area contributed by atoms with Gasteiger partial charge in [0.15, 0.2) is 0 Å². The van der Waals surface area contributed by atoms with E-state index in [1.54, 1.807) is 24.3 Å². The lowest BCUT2D eigenvalue weighted by Crippen LogP contribution is -2.28. The van der Waals surface area contributed by atoms with Crippen LogP contribution in [0.4, 0.5) is 10.1 Å². The average molecular weight is 397 g/mol. The minimum atomic E-state index is -0.476. The van der Waals surface area contributed by atoms with Crippen molar-refractivity contribution in [1.82, 2.24) is 5.32 Å². The monoisotopic (exact) mass is 396 g/mol. The van der Waals surface area contributed by atoms with Crippen LogP contribution in [-0.4, -0.2) is 5.91 Å². The normalized spacial score (nSPS) is 11.7. The standard InChI is InChI=1S/C21H14ClFN2O3/c22-17-11-14(23)7-8-18(17)25-21-16(10-13-4-1-2-6-19(13)28-21)20(26)24-12-15-5-3-9-27-15/h1-11H,12H2,(H,24,26). The molecule has 0 aliphatic heterocycles. The van der Waals surface area contributed by atoms with Crippen LogP contribution in [0.15, 0.2) is 80.8 Å². The Kier molecular flexibility index (Phi) is 4.95. The number of rotatable bonds is 4. The van der Waals surface area contributed by atoms with Gasteiger partial charge in [0.25, 0.3) is 5.91 Å². The van der Waals surface area contributed by atoms with Crippen molar-refractivity contribution in [2.24, 2.45) is 4.99 Å². The van der Waals surface area contributed by atoms with E-state index in [1.807, 2.05) is 18.2 Å². The number of para-hydroxylation sites is 1. The fourth-order valence-corrected chi connectivity index (χ4v) is 2.88. The molecule has 0 aliphatic rings. The molecule has 0 aliphatic carbocycles. The molecule has 4 rings (SSSR count). The molecule has 4 aromatic rings. The molecule has 0 fully saturated rings. The molecular weight excluding hydrogens is 383 g/mol. The van der Waals surface area contributed by atoms with Crippen LogP contribution >= 0.6 is 11.6 Å². The van der Waals surface area contributed by atoms with Crippen LogP contribution < -0.4 is 10.9 Å². The van der Waals surface area contributed by atoms with Gasteiger partial charge in [0.05, 0.1) is 23.5 Å². The van der Waals surface area contributed by atoms with E-state index in [9.17, 15) is 9.18 Å². The summed E-state index contributed by atoms with van der Waals surface area (Å²) < 4.78 is 24.4. The molecule has 5 nitrogen and oxygen atoms in total. The highest BCUT2D eigenvalue weighted by Gasteiger charge is 2.13. The Bertz CT molecular complexity index is 1220. The van der Waals surface area contributed by atoms with Crippen LogP contribution in [0, 0.1) is 5.82 Å². The average Bonchev–Trinajstić information content (AvgIpc) is 3.21. The maximum atomic E-state index is 13.3. The van der Waals surface area contributed by atoms with Crippen molar-refractivity contribution >= 4 is 34.2 Å². The number of hydrogen-bond donors (Lipinski definition) is 1. The minimum Gasteiger partial charge on any atom is -0.467 e. The van der Waals surface area contributed by atoms with Gasteiger partial charge in [-0.1, -0.05) is 29.8 Å². The van der Waals surface area contributed by atoms with Gasteiger partial charge < -0.3 is 14.2 Å². The minimum absolute atomic E-state index is 0.0733. The Morgan fingerprint density at radius 1 is 1.11 bits per heavy atom. The van der Waals surface area contributed by atoms with E-state index in [4.69, 9.17) is 20.4 Å². The molecule has 0 radical (unpaired) electrons. The summed E-state index contributed by atoms with van der Waals surface area (Å²) in [6.07, 6.45) is 1.53. The van der Waals surface area contributed by atoms with Crippen LogP contribution in [-0.2, 0) is 6.54 Å². The first kappa shape index (κ1) is 18.0. The Hall–Kier alpha value is -3.38. The lowest BCUT2D eigenvalue weighted by Gasteiger charge is -2.06. The van der Waals surface area contributed by atoms with Crippen molar-refractivity contribution in [2.75, 3.05) is 0 Å². The molecule has 0 saturated carbocycles. The number of furan rings is 1. The topological polar surface area (TPSA) is 67.7 Å². The van der Waals surface area contributed by atoms with Crippen molar-refractivity contribution in [3.05, 3.63) is 94.6 Å². The summed E-state index contributed by atoms with van der Waals surface area (Å²) in [5.74, 6) is -0.246. The lowest BCUT2D eigenvalue weighted by molar-refractivity contribution is 0.0944. The van der Waals surface area contributed by atoms with E-state index in [0.717, 1.165) is 11.5 Å². The molecule has 0 spiro atoms. The molecule has 2 heterocycles. The molecule has 28 heavy (non-hydrogen) atoms. The van der Waals surface area contributed by atoms with E-state index >= 15 is 0 Å². The molecule has 140 valence electrons. The number of hydrogen-bond acceptors (Lipinski definition) is 4. The molecule has 0 bridgehead atoms. The van der Waals surface area contributed by atoms with E-state index in [2.05, 4.69) is 10.3 Å². The predicted molar refractivity (Wildman–Crippen MR) is 103 cm³/mol. The predicted octanol–water partition coefficient (Wildman–Crippen LogP) is 4.98. The second-order valence-corrected chi connectivity index (χ2v) is 6.38. The van der Waals surface area contributed by atoms with Crippen molar-refractivity contribution in [1.29, 1.82) is 0 Å². The van der Waals surface area contributed by atoms with Crippen LogP contribution in [0.2, 0.25) is 5.02 Å². The van der Waals surface area contributed by atoms with Gasteiger partial charge in [-0.2, -0.15) is 0 Å². The fourth-order valence-electron chi connectivity index (χ4n) is 2.67. The molecule has 7 heteroatoms. The van der Waals surface area contributed by atoms with Crippen LogP contribution in [0.25, 0.3) is 11.0 Å². The summed E-state index contributed by atoms with van der Waals surface area (Å²) in [7, 11) is 0. The van der Waals surface area contributed by atoms with Gasteiger partial charge in [-0.05, 0) is 42.5 Å². The third-order valence-corrected chi connectivity index (χ3v) is 4.34. The molecule has 2 aromatic heterocycles. The van der Waals surface area contributed by atoms with E-state index in [1.165, 1.54) is 18.4 Å². The number of fused-ring (bicyclic) bond motifs is 1. The largest absolute Gasteiger partial charge is 0.467 e. The second-order valence-electron chi connectivity index (χ2n) is 5.97. The SMILES string of the molecule is O=C(NCc1ccco1)c1cc2ccccc2oc1=Nc1ccc(F)cc1Cl. The third kappa shape index (κ3) is 3.82. The first-order chi connectivity index (χ1) is 13.6. The maximum absolute atomic E-state index is 13.3. The van der Waals surface area contributed by atoms with Crippen LogP contribution in [0.5, 0.6) is 0 Å². The van der Waals surface area contributed by atoms with Gasteiger partial charge >= 0.3 is 0 Å². The molecular formula is C21H14ClFN2O3. The summed E-state index contributed by atoms with van der Waals surface area (Å²) >= 11 is 6.07. The first-order valence-corrected chi connectivity index (χ1v) is 8.81. The van der Waals surface area contributed by atoms with E-state index in [0.29, 0.717) is 17.0 Å². The Morgan fingerprint density at radius 3 is 2.75 bits per heavy atom. The molecule has 1 amide bonds. The second kappa shape index (κ2) is 7.70. The van der Waals surface area contributed by atoms with Gasteiger partial charge in [0.2, 0.25) is 5.55 Å². The number of nitrogens with zero attached hydrogens (tertiary/aromatic N) is 1. The van der Waals surface area contributed by atoms with Gasteiger partial charge in [-0.3, -0.25) is 4.79 Å². The van der Waals surface area contributed by atoms with Crippen molar-refractivity contribution in [3.63, 3.8) is 0 Å². The van der Waals surface area contributed by atoms with E-state index < -0.39 is 5.82 Å². The fraction of sp³-hybridized carbons (Fsp3) is 0.0476. The lowest BCUT2D eigenvalue weighted by atomic mass is 10.1. The highest BCUT2D eigenvalue weighted by molar-refractivity contribution is 6.32. The van der Waals surface area contributed by atoms with Gasteiger partial charge in [0, 0.05) is 5.39 Å². The summed E-state index contributed by atoms with van der Waals surface area (Å²) in [6.45, 7) is 0.218. The zero-order valence-corrected chi connectivity index (χ0v) is 15.2. The number of carbonyl (C=O) groups is 1. The molecule has 1 N–H and O–H groups in total. The van der Waals surface area contributed by atoms with Gasteiger partial charge in [-0.15, -0.1) is 0 Å². The van der Waals surface area contributed by atoms with E-state index in [-0.39, 0.29) is 28.6 Å². The number of carbonyl (C=O) groups excluding carboxylic acids is 1. The van der Waals surface area contributed by atoms with Crippen molar-refractivity contribution < 1.29 is 18.0 Å². The molecule has 0 atom stereocenters. The summed E-state index contributed by atoms with van der Waals surface area (Å²) in [5.41, 5.74) is 1.15. The number of halogens is 2. The number of amides is 1. The zero-order chi connectivity index (χ0) is 19.5. The Labute approximate surface area is 164 Å². The Morgan fingerprint density at radius 2 is 1.96 bits per heavy atom. The quantitative estimate of drug-likeness (QED) is 0.529. The van der Waals surface area contributed by atoms with Crippen molar-refractivity contribution in [3.8, 4) is 0 Å². The highest BCUT2D eigenvalue weighted by Crippen LogP contribution is 2.25. The highest BCUT2D eigenvalue weighted by atomic mass is 35.5. The summed E-state index contributed by atoms with van der Waals surface area (Å²) in [6, 6.07) is 16.3. The smallest absolute Gasteiger partial charge is 0.257 e. The summed E-state index contributed by atoms with van der Waals surface area (Å²) in [5, 5.41) is 3.63. The number of nitrogens with one attached hydrogen (secondary N) is 1. The first-order valence-electron chi connectivity index (χ1n) is 8.43. The van der Waals surface area contributed by atoms with Gasteiger partial charge in [-0.25, -0.2) is 9.38 Å².